The zero-order valence-corrected chi connectivity index (χ0v) is 30.9. The van der Waals surface area contributed by atoms with Gasteiger partial charge in [-0.25, -0.2) is 29.1 Å². The lowest BCUT2D eigenvalue weighted by Gasteiger charge is -2.33. The third kappa shape index (κ3) is 10.9. The van der Waals surface area contributed by atoms with Crippen LogP contribution < -0.4 is 10.4 Å². The Morgan fingerprint density at radius 1 is 0.571 bits per heavy atom. The van der Waals surface area contributed by atoms with Crippen LogP contribution in [0.4, 0.5) is 9.59 Å². The third-order valence-corrected chi connectivity index (χ3v) is 15.6. The zero-order chi connectivity index (χ0) is 35.6. The lowest BCUT2D eigenvalue weighted by atomic mass is 9.76. The van der Waals surface area contributed by atoms with Gasteiger partial charge in [0.25, 0.3) is 0 Å². The summed E-state index contributed by atoms with van der Waals surface area (Å²) >= 11 is 0. The predicted molar refractivity (Wildman–Crippen MR) is 190 cm³/mol. The molecule has 2 saturated carbocycles. The summed E-state index contributed by atoms with van der Waals surface area (Å²) in [5, 5.41) is 2.26. The van der Waals surface area contributed by atoms with Gasteiger partial charge in [0, 0.05) is 0 Å². The summed E-state index contributed by atoms with van der Waals surface area (Å²) in [5.41, 5.74) is 4.49. The minimum atomic E-state index is -1.75. The maximum Gasteiger partial charge on any atom is 0.550 e. The molecule has 2 aliphatic carbocycles. The molecular weight excluding hydrogens is 661 g/mol. The molecule has 4 rings (SSSR count). The Kier molecular flexibility index (Phi) is 13.0. The van der Waals surface area contributed by atoms with Gasteiger partial charge >= 0.3 is 24.2 Å². The average molecular weight is 709 g/mol. The summed E-state index contributed by atoms with van der Waals surface area (Å²) in [6.07, 6.45) is 4.92. The van der Waals surface area contributed by atoms with Gasteiger partial charge in [0.15, 0.2) is 0 Å². The van der Waals surface area contributed by atoms with E-state index in [-0.39, 0.29) is 23.3 Å². The lowest BCUT2D eigenvalue weighted by molar-refractivity contribution is -0.208. The van der Waals surface area contributed by atoms with Crippen LogP contribution in [-0.2, 0) is 29.0 Å². The number of carbonyl (C=O) groups excluding carboxylic acids is 4. The fourth-order valence-corrected chi connectivity index (χ4v) is 8.82. The number of carbonyl (C=O) groups is 4. The molecule has 0 spiro atoms. The molecule has 2 aromatic rings. The van der Waals surface area contributed by atoms with Crippen molar-refractivity contribution in [2.75, 3.05) is 0 Å². The molecule has 0 atom stereocenters. The maximum absolute atomic E-state index is 12.3. The second kappa shape index (κ2) is 17.0. The van der Waals surface area contributed by atoms with Crippen LogP contribution in [0.2, 0.25) is 26.2 Å². The summed E-state index contributed by atoms with van der Waals surface area (Å²) in [6.45, 7) is 16.4. The van der Waals surface area contributed by atoms with Crippen molar-refractivity contribution < 1.29 is 48.2 Å². The number of hydrogen-bond acceptors (Lipinski definition) is 10. The first kappa shape index (κ1) is 37.6. The number of benzene rings is 2. The van der Waals surface area contributed by atoms with E-state index in [1.54, 1.807) is 24.3 Å². The van der Waals surface area contributed by atoms with Gasteiger partial charge in [-0.2, -0.15) is 9.59 Å². The molecule has 0 unspecified atom stereocenters. The van der Waals surface area contributed by atoms with Gasteiger partial charge in [-0.15, -0.1) is 13.2 Å². The summed E-state index contributed by atoms with van der Waals surface area (Å²) in [6, 6.07) is 14.1. The molecule has 2 fully saturated rings. The molecule has 12 heteroatoms. The van der Waals surface area contributed by atoms with Gasteiger partial charge in [0.05, 0.1) is 11.1 Å². The van der Waals surface area contributed by atoms with E-state index in [0.717, 1.165) is 42.5 Å². The smallest absolute Gasteiger partial charge is 0.428 e. The van der Waals surface area contributed by atoms with Crippen molar-refractivity contribution >= 4 is 50.8 Å². The van der Waals surface area contributed by atoms with Crippen LogP contribution in [0, 0.1) is 11.8 Å². The Morgan fingerprint density at radius 2 is 0.898 bits per heavy atom. The van der Waals surface area contributed by atoms with Crippen LogP contribution in [0.5, 0.6) is 0 Å². The topological polar surface area (TPSA) is 124 Å². The summed E-state index contributed by atoms with van der Waals surface area (Å²) in [5.74, 6) is -0.510. The fourth-order valence-electron chi connectivity index (χ4n) is 6.30. The van der Waals surface area contributed by atoms with Crippen molar-refractivity contribution in [2.24, 2.45) is 11.8 Å². The van der Waals surface area contributed by atoms with E-state index in [1.165, 1.54) is 0 Å². The zero-order valence-electron chi connectivity index (χ0n) is 28.9. The van der Waals surface area contributed by atoms with E-state index in [9.17, 15) is 19.2 Å². The van der Waals surface area contributed by atoms with Crippen LogP contribution in [0.15, 0.2) is 73.1 Å². The van der Waals surface area contributed by atoms with Crippen LogP contribution in [0.3, 0.4) is 0 Å². The average Bonchev–Trinajstić information content (AvgIpc) is 3.11. The Labute approximate surface area is 290 Å². The maximum atomic E-state index is 12.3. The molecule has 264 valence electrons. The van der Waals surface area contributed by atoms with Crippen LogP contribution >= 0.6 is 0 Å². The van der Waals surface area contributed by atoms with Crippen molar-refractivity contribution in [3.63, 3.8) is 0 Å². The van der Waals surface area contributed by atoms with E-state index in [2.05, 4.69) is 49.1 Å². The minimum absolute atomic E-state index is 0.277. The van der Waals surface area contributed by atoms with Crippen molar-refractivity contribution in [1.29, 1.82) is 0 Å². The van der Waals surface area contributed by atoms with Crippen LogP contribution in [0.1, 0.15) is 78.5 Å². The van der Waals surface area contributed by atoms with Crippen LogP contribution in [0.25, 0.3) is 0 Å². The largest absolute Gasteiger partial charge is 0.550 e. The SMILES string of the molecule is C=C[Si](C)(C)c1ccc(C(=O)OOC(=O)OC2CCC(CC3CCC(OC(=O)OOC(=O)c4ccc([Si](C)(C)C=C)cc4)CC3)CC2)cc1. The quantitative estimate of drug-likeness (QED) is 0.105. The highest BCUT2D eigenvalue weighted by atomic mass is 28.3. The predicted octanol–water partition coefficient (Wildman–Crippen LogP) is 7.63. The first-order valence-corrected chi connectivity index (χ1v) is 23.1. The molecule has 0 heterocycles. The second-order valence-corrected chi connectivity index (χ2v) is 23.0. The van der Waals surface area contributed by atoms with Gasteiger partial charge in [-0.05, 0) is 93.9 Å². The van der Waals surface area contributed by atoms with E-state index in [4.69, 9.17) is 19.2 Å². The molecule has 2 aromatic carbocycles. The molecule has 0 amide bonds. The summed E-state index contributed by atoms with van der Waals surface area (Å²) < 4.78 is 10.8. The molecule has 2 aliphatic rings. The van der Waals surface area contributed by atoms with Crippen molar-refractivity contribution in [1.82, 2.24) is 0 Å². The lowest BCUT2D eigenvalue weighted by Crippen LogP contribution is -2.39. The Morgan fingerprint density at radius 3 is 1.20 bits per heavy atom. The highest BCUT2D eigenvalue weighted by Gasteiger charge is 2.31. The normalized spacial score (nSPS) is 21.0. The van der Waals surface area contributed by atoms with E-state index >= 15 is 0 Å². The molecule has 0 saturated heterocycles. The number of hydrogen-bond donors (Lipinski definition) is 0. The van der Waals surface area contributed by atoms with E-state index in [0.29, 0.717) is 37.5 Å². The fraction of sp³-hybridized carbons (Fsp3) is 0.459. The molecule has 10 nitrogen and oxygen atoms in total. The van der Waals surface area contributed by atoms with Gasteiger partial charge < -0.3 is 9.47 Å². The molecule has 0 N–H and O–H groups in total. The monoisotopic (exact) mass is 708 g/mol. The third-order valence-electron chi connectivity index (χ3n) is 9.90. The van der Waals surface area contributed by atoms with Gasteiger partial charge in [0.2, 0.25) is 0 Å². The highest BCUT2D eigenvalue weighted by molar-refractivity contribution is 6.94. The highest BCUT2D eigenvalue weighted by Crippen LogP contribution is 2.37. The molecule has 0 aliphatic heterocycles. The standard InChI is InChI=1S/C37H48O10Si2/c1-7-48(3,4)32-21-13-28(14-22-32)34(38)44-46-36(40)42-30-17-9-26(10-18-30)25-27-11-19-31(20-12-27)43-37(41)47-45-35(39)29-15-23-33(24-16-29)49(5,6)8-2/h7-8,13-16,21-24,26-27,30-31H,1-2,9-12,17-20,25H2,3-6H3. The summed E-state index contributed by atoms with van der Waals surface area (Å²) in [7, 11) is -3.49. The number of rotatable bonds is 10. The molecule has 49 heavy (non-hydrogen) atoms. The first-order chi connectivity index (χ1) is 23.3. The van der Waals surface area contributed by atoms with Gasteiger partial charge in [0.1, 0.15) is 28.4 Å². The van der Waals surface area contributed by atoms with Crippen molar-refractivity contribution in [3.05, 3.63) is 84.2 Å². The van der Waals surface area contributed by atoms with Crippen molar-refractivity contribution in [3.8, 4) is 0 Å². The molecule has 0 radical (unpaired) electrons. The molecule has 0 bridgehead atoms. The minimum Gasteiger partial charge on any atom is -0.428 e. The Hall–Kier alpha value is -4.17. The second-order valence-electron chi connectivity index (χ2n) is 14.2. The number of ether oxygens (including phenoxy) is 2. The van der Waals surface area contributed by atoms with E-state index in [1.807, 2.05) is 35.7 Å². The van der Waals surface area contributed by atoms with Gasteiger partial charge in [-0.3, -0.25) is 0 Å². The molecular formula is C37H48O10Si2. The first-order valence-electron chi connectivity index (χ1n) is 17.0. The molecule has 0 aromatic heterocycles. The van der Waals surface area contributed by atoms with Crippen molar-refractivity contribution in [2.45, 2.75) is 96.2 Å². The summed E-state index contributed by atoms with van der Waals surface area (Å²) in [4.78, 5) is 67.7. The Balaban J connectivity index is 1.07. The van der Waals surface area contributed by atoms with Gasteiger partial charge in [-0.1, -0.05) is 72.2 Å². The van der Waals surface area contributed by atoms with E-state index < -0.39 is 40.4 Å². The van der Waals surface area contributed by atoms with Crippen LogP contribution in [-0.4, -0.2) is 52.6 Å². The Bertz CT molecular complexity index is 1360.